The normalized spacial score (nSPS) is 20.0. The molecule has 0 radical (unpaired) electrons. The number of hydrogen-bond acceptors (Lipinski definition) is 5. The number of aromatic amines is 1. The van der Waals surface area contributed by atoms with Crippen molar-refractivity contribution in [3.63, 3.8) is 0 Å². The molecule has 2 aliphatic rings. The Morgan fingerprint density at radius 2 is 2.20 bits per heavy atom. The molecule has 1 saturated carbocycles. The Morgan fingerprint density at radius 1 is 1.36 bits per heavy atom. The second-order valence-corrected chi connectivity index (χ2v) is 8.12. The fraction of sp³-hybridized carbons (Fsp3) is 0.533. The van der Waals surface area contributed by atoms with Crippen LogP contribution in [0.15, 0.2) is 18.6 Å². The van der Waals surface area contributed by atoms with E-state index in [1.54, 1.807) is 4.31 Å². The Kier molecular flexibility index (Phi) is 3.87. The Morgan fingerprint density at radius 3 is 2.96 bits per heavy atom. The Bertz CT molecular complexity index is 929. The maximum atomic E-state index is 12.6. The molecule has 2 aromatic heterocycles. The molecule has 0 aromatic carbocycles. The van der Waals surface area contributed by atoms with Crippen LogP contribution in [-0.4, -0.2) is 65.9 Å². The molecule has 0 amide bonds. The molecule has 25 heavy (non-hydrogen) atoms. The lowest BCUT2D eigenvalue weighted by molar-refractivity contribution is 0.267. The third-order valence-corrected chi connectivity index (χ3v) is 6.56. The first-order valence-corrected chi connectivity index (χ1v) is 9.63. The number of hydrogen-bond donors (Lipinski definition) is 2. The summed E-state index contributed by atoms with van der Waals surface area (Å²) in [5.74, 6) is 0.843. The van der Waals surface area contributed by atoms with E-state index in [1.165, 1.54) is 6.33 Å². The Balaban J connectivity index is 1.56. The molecule has 0 atom stereocenters. The minimum atomic E-state index is -3.56. The van der Waals surface area contributed by atoms with E-state index < -0.39 is 10.2 Å². The smallest absolute Gasteiger partial charge is 0.280 e. The molecular formula is C15H19N7O2S. The van der Waals surface area contributed by atoms with Crippen molar-refractivity contribution in [1.82, 2.24) is 24.0 Å². The zero-order valence-corrected chi connectivity index (χ0v) is 14.5. The van der Waals surface area contributed by atoms with E-state index >= 15 is 0 Å². The highest BCUT2D eigenvalue weighted by Crippen LogP contribution is 2.46. The summed E-state index contributed by atoms with van der Waals surface area (Å²) in [5.41, 5.74) is 0.418. The number of nitrogens with zero attached hydrogens (tertiary/aromatic N) is 5. The number of aromatic nitrogens is 3. The van der Waals surface area contributed by atoms with E-state index in [0.29, 0.717) is 19.6 Å². The van der Waals surface area contributed by atoms with Crippen molar-refractivity contribution in [2.45, 2.75) is 18.4 Å². The van der Waals surface area contributed by atoms with Gasteiger partial charge >= 0.3 is 0 Å². The van der Waals surface area contributed by atoms with E-state index in [9.17, 15) is 8.42 Å². The van der Waals surface area contributed by atoms with Gasteiger partial charge in [-0.3, -0.25) is 0 Å². The zero-order chi connectivity index (χ0) is 17.5. The molecular weight excluding hydrogens is 342 g/mol. The molecule has 10 heteroatoms. The highest BCUT2D eigenvalue weighted by molar-refractivity contribution is 7.87. The number of fused-ring (bicyclic) bond motifs is 1. The molecule has 3 heterocycles. The molecule has 1 spiro atoms. The molecule has 132 valence electrons. The summed E-state index contributed by atoms with van der Waals surface area (Å²) in [5, 5.41) is 0.949. The Labute approximate surface area is 146 Å². The summed E-state index contributed by atoms with van der Waals surface area (Å²) in [7, 11) is -3.56. The van der Waals surface area contributed by atoms with Crippen molar-refractivity contribution >= 4 is 27.1 Å². The molecule has 0 bridgehead atoms. The van der Waals surface area contributed by atoms with Gasteiger partial charge in [0, 0.05) is 25.8 Å². The van der Waals surface area contributed by atoms with Gasteiger partial charge in [0.2, 0.25) is 6.54 Å². The van der Waals surface area contributed by atoms with Gasteiger partial charge in [-0.05, 0) is 18.9 Å². The predicted molar refractivity (Wildman–Crippen MR) is 93.2 cm³/mol. The molecule has 1 aliphatic carbocycles. The standard InChI is InChI=1S/C15H19N7O2S/c1-16-6-7-20-25(23,24)22-9-8-21(10-15(22)3-4-15)14-12-2-5-17-13(12)18-11-19-14/h2,5,11,20H,3-4,6-10H2,(H,17,18,19). The molecule has 2 N–H and O–H groups in total. The summed E-state index contributed by atoms with van der Waals surface area (Å²) in [4.78, 5) is 17.1. The van der Waals surface area contributed by atoms with Gasteiger partial charge in [0.15, 0.2) is 0 Å². The average Bonchev–Trinajstić information content (AvgIpc) is 3.17. The number of anilines is 1. The number of rotatable bonds is 5. The fourth-order valence-corrected chi connectivity index (χ4v) is 5.07. The van der Waals surface area contributed by atoms with E-state index in [1.807, 2.05) is 12.3 Å². The number of piperazine rings is 1. The van der Waals surface area contributed by atoms with Crippen LogP contribution >= 0.6 is 0 Å². The van der Waals surface area contributed by atoms with Crippen molar-refractivity contribution in [2.24, 2.45) is 0 Å². The molecule has 0 unspecified atom stereocenters. The van der Waals surface area contributed by atoms with Crippen LogP contribution in [0.3, 0.4) is 0 Å². The van der Waals surface area contributed by atoms with Crippen molar-refractivity contribution in [3.8, 4) is 0 Å². The van der Waals surface area contributed by atoms with Crippen molar-refractivity contribution in [1.29, 1.82) is 0 Å². The van der Waals surface area contributed by atoms with Gasteiger partial charge < -0.3 is 14.7 Å². The van der Waals surface area contributed by atoms with Crippen LogP contribution in [0.2, 0.25) is 0 Å². The van der Waals surface area contributed by atoms with Crippen LogP contribution in [-0.2, 0) is 10.2 Å². The summed E-state index contributed by atoms with van der Waals surface area (Å²) < 4.78 is 29.3. The molecule has 9 nitrogen and oxygen atoms in total. The maximum Gasteiger partial charge on any atom is 0.280 e. The van der Waals surface area contributed by atoms with Gasteiger partial charge in [0.1, 0.15) is 17.8 Å². The zero-order valence-electron chi connectivity index (χ0n) is 13.6. The van der Waals surface area contributed by atoms with Crippen LogP contribution in [0.25, 0.3) is 15.9 Å². The van der Waals surface area contributed by atoms with Crippen LogP contribution < -0.4 is 9.62 Å². The molecule has 2 aromatic rings. The van der Waals surface area contributed by atoms with Gasteiger partial charge in [0.25, 0.3) is 10.2 Å². The van der Waals surface area contributed by atoms with Gasteiger partial charge in [-0.2, -0.15) is 17.4 Å². The van der Waals surface area contributed by atoms with Gasteiger partial charge in [-0.15, -0.1) is 0 Å². The van der Waals surface area contributed by atoms with Crippen LogP contribution in [0.4, 0.5) is 5.82 Å². The highest BCUT2D eigenvalue weighted by Gasteiger charge is 2.56. The summed E-state index contributed by atoms with van der Waals surface area (Å²) >= 11 is 0. The number of H-pyrrole nitrogens is 1. The highest BCUT2D eigenvalue weighted by atomic mass is 32.2. The van der Waals surface area contributed by atoms with Gasteiger partial charge in [-0.25, -0.2) is 16.5 Å². The quantitative estimate of drug-likeness (QED) is 0.592. The molecule has 1 saturated heterocycles. The van der Waals surface area contributed by atoms with Crippen LogP contribution in [0.5, 0.6) is 0 Å². The Hall–Kier alpha value is -2.22. The lowest BCUT2D eigenvalue weighted by Crippen LogP contribution is -2.59. The minimum absolute atomic E-state index is 0.151. The lowest BCUT2D eigenvalue weighted by Gasteiger charge is -2.41. The topological polar surface area (TPSA) is 98.6 Å². The van der Waals surface area contributed by atoms with Crippen molar-refractivity contribution in [2.75, 3.05) is 37.6 Å². The van der Waals surface area contributed by atoms with E-state index in [-0.39, 0.29) is 18.6 Å². The molecule has 4 rings (SSSR count). The maximum absolute atomic E-state index is 12.6. The first kappa shape index (κ1) is 16.3. The van der Waals surface area contributed by atoms with E-state index in [0.717, 1.165) is 29.7 Å². The number of nitrogens with one attached hydrogen (secondary N) is 2. The van der Waals surface area contributed by atoms with Crippen LogP contribution in [0, 0.1) is 6.57 Å². The summed E-state index contributed by atoms with van der Waals surface area (Å²) in [6, 6.07) is 1.94. The van der Waals surface area contributed by atoms with E-state index in [2.05, 4.69) is 29.4 Å². The lowest BCUT2D eigenvalue weighted by atomic mass is 10.2. The minimum Gasteiger partial charge on any atom is -0.353 e. The van der Waals surface area contributed by atoms with Crippen molar-refractivity contribution in [3.05, 3.63) is 30.0 Å². The summed E-state index contributed by atoms with van der Waals surface area (Å²) in [6.07, 6.45) is 5.05. The predicted octanol–water partition coefficient (Wildman–Crippen LogP) is 0.366. The van der Waals surface area contributed by atoms with Gasteiger partial charge in [0.05, 0.1) is 17.5 Å². The second kappa shape index (κ2) is 5.94. The first-order valence-electron chi connectivity index (χ1n) is 8.19. The molecule has 2 fully saturated rings. The third kappa shape index (κ3) is 2.84. The van der Waals surface area contributed by atoms with Crippen LogP contribution in [0.1, 0.15) is 12.8 Å². The SMILES string of the molecule is [C-]#[N+]CCNS(=O)(=O)N1CCN(c2ncnc3[nH]ccc23)CC12CC2. The fourth-order valence-electron chi connectivity index (χ4n) is 3.49. The largest absolute Gasteiger partial charge is 0.353 e. The average molecular weight is 361 g/mol. The molecule has 1 aliphatic heterocycles. The van der Waals surface area contributed by atoms with Gasteiger partial charge in [-0.1, -0.05) is 0 Å². The summed E-state index contributed by atoms with van der Waals surface area (Å²) in [6.45, 7) is 8.67. The second-order valence-electron chi connectivity index (χ2n) is 6.44. The first-order chi connectivity index (χ1) is 12.1. The van der Waals surface area contributed by atoms with Crippen molar-refractivity contribution < 1.29 is 8.42 Å². The third-order valence-electron chi connectivity index (χ3n) is 4.85. The monoisotopic (exact) mass is 361 g/mol. The van der Waals surface area contributed by atoms with E-state index in [4.69, 9.17) is 6.57 Å².